The molecule has 0 radical (unpaired) electrons. The molecule has 0 spiro atoms. The molecule has 2 rings (SSSR count). The van der Waals surface area contributed by atoms with Crippen LogP contribution in [0.4, 0.5) is 0 Å². The molecule has 1 aliphatic heterocycles. The lowest BCUT2D eigenvalue weighted by atomic mass is 10.2. The van der Waals surface area contributed by atoms with E-state index in [2.05, 4.69) is 9.88 Å². The summed E-state index contributed by atoms with van der Waals surface area (Å²) in [4.78, 5) is 17.8. The molecular weight excluding hydrogens is 204 g/mol. The van der Waals surface area contributed by atoms with Gasteiger partial charge in [-0.3, -0.25) is 14.7 Å². The van der Waals surface area contributed by atoms with Gasteiger partial charge in [0.1, 0.15) is 6.04 Å². The van der Waals surface area contributed by atoms with Crippen LogP contribution in [0.15, 0.2) is 24.5 Å². The van der Waals surface area contributed by atoms with E-state index in [1.807, 2.05) is 18.3 Å². The summed E-state index contributed by atoms with van der Waals surface area (Å²) in [5, 5.41) is 0. The predicted molar refractivity (Wildman–Crippen MR) is 59.7 cm³/mol. The Morgan fingerprint density at radius 3 is 3.25 bits per heavy atom. The van der Waals surface area contributed by atoms with Gasteiger partial charge in [-0.2, -0.15) is 0 Å². The second kappa shape index (κ2) is 5.07. The first-order valence-corrected chi connectivity index (χ1v) is 5.52. The fraction of sp³-hybridized carbons (Fsp3) is 0.500. The highest BCUT2D eigenvalue weighted by Crippen LogP contribution is 2.20. The first-order valence-electron chi connectivity index (χ1n) is 5.52. The van der Waals surface area contributed by atoms with Gasteiger partial charge in [0.25, 0.3) is 0 Å². The SMILES string of the molecule is COC(=O)[C@H]1CCCN1Cc1cccnc1. The van der Waals surface area contributed by atoms with E-state index >= 15 is 0 Å². The van der Waals surface area contributed by atoms with Gasteiger partial charge in [-0.1, -0.05) is 6.07 Å². The molecule has 1 atom stereocenters. The molecule has 0 aromatic carbocycles. The highest BCUT2D eigenvalue weighted by atomic mass is 16.5. The highest BCUT2D eigenvalue weighted by molar-refractivity contribution is 5.75. The number of hydrogen-bond acceptors (Lipinski definition) is 4. The largest absolute Gasteiger partial charge is 0.468 e. The van der Waals surface area contributed by atoms with Crippen molar-refractivity contribution in [2.45, 2.75) is 25.4 Å². The van der Waals surface area contributed by atoms with Crippen LogP contribution in [0.25, 0.3) is 0 Å². The molecule has 0 aliphatic carbocycles. The van der Waals surface area contributed by atoms with Crippen molar-refractivity contribution < 1.29 is 9.53 Å². The molecule has 86 valence electrons. The smallest absolute Gasteiger partial charge is 0.323 e. The van der Waals surface area contributed by atoms with Gasteiger partial charge in [-0.05, 0) is 31.0 Å². The molecule has 0 amide bonds. The number of carbonyl (C=O) groups excluding carboxylic acids is 1. The fourth-order valence-electron chi connectivity index (χ4n) is 2.14. The zero-order valence-corrected chi connectivity index (χ0v) is 9.43. The second-order valence-electron chi connectivity index (χ2n) is 4.01. The maximum absolute atomic E-state index is 11.5. The monoisotopic (exact) mass is 220 g/mol. The van der Waals surface area contributed by atoms with Crippen molar-refractivity contribution in [2.24, 2.45) is 0 Å². The van der Waals surface area contributed by atoms with Gasteiger partial charge in [0.05, 0.1) is 7.11 Å². The number of likely N-dealkylation sites (tertiary alicyclic amines) is 1. The van der Waals surface area contributed by atoms with E-state index in [-0.39, 0.29) is 12.0 Å². The number of rotatable bonds is 3. The Labute approximate surface area is 95.2 Å². The molecule has 1 aromatic heterocycles. The van der Waals surface area contributed by atoms with Crippen LogP contribution in [0.3, 0.4) is 0 Å². The zero-order chi connectivity index (χ0) is 11.4. The summed E-state index contributed by atoms with van der Waals surface area (Å²) in [6, 6.07) is 3.86. The van der Waals surface area contributed by atoms with E-state index in [4.69, 9.17) is 4.74 Å². The summed E-state index contributed by atoms with van der Waals surface area (Å²) >= 11 is 0. The fourth-order valence-corrected chi connectivity index (χ4v) is 2.14. The van der Waals surface area contributed by atoms with Crippen LogP contribution >= 0.6 is 0 Å². The summed E-state index contributed by atoms with van der Waals surface area (Å²) in [6.45, 7) is 1.72. The van der Waals surface area contributed by atoms with E-state index in [1.165, 1.54) is 7.11 Å². The Morgan fingerprint density at radius 1 is 1.69 bits per heavy atom. The first kappa shape index (κ1) is 11.1. The maximum Gasteiger partial charge on any atom is 0.323 e. The number of methoxy groups -OCH3 is 1. The molecule has 1 aromatic rings. The van der Waals surface area contributed by atoms with Gasteiger partial charge in [0.2, 0.25) is 0 Å². The van der Waals surface area contributed by atoms with E-state index in [1.54, 1.807) is 6.20 Å². The van der Waals surface area contributed by atoms with E-state index in [0.717, 1.165) is 31.5 Å². The van der Waals surface area contributed by atoms with Gasteiger partial charge in [-0.25, -0.2) is 0 Å². The topological polar surface area (TPSA) is 42.4 Å². The van der Waals surface area contributed by atoms with E-state index in [0.29, 0.717) is 0 Å². The molecule has 0 saturated carbocycles. The molecule has 16 heavy (non-hydrogen) atoms. The predicted octanol–water partition coefficient (Wildman–Crippen LogP) is 1.22. The average molecular weight is 220 g/mol. The van der Waals surface area contributed by atoms with Crippen molar-refractivity contribution in [1.29, 1.82) is 0 Å². The van der Waals surface area contributed by atoms with E-state index in [9.17, 15) is 4.79 Å². The first-order chi connectivity index (χ1) is 7.81. The minimum atomic E-state index is -0.124. The highest BCUT2D eigenvalue weighted by Gasteiger charge is 2.31. The molecule has 2 heterocycles. The van der Waals surface area contributed by atoms with Crippen molar-refractivity contribution in [3.05, 3.63) is 30.1 Å². The maximum atomic E-state index is 11.5. The Hall–Kier alpha value is -1.42. The minimum Gasteiger partial charge on any atom is -0.468 e. The molecule has 0 N–H and O–H groups in total. The molecule has 1 saturated heterocycles. The van der Waals surface area contributed by atoms with Gasteiger partial charge in [-0.15, -0.1) is 0 Å². The molecule has 4 heteroatoms. The van der Waals surface area contributed by atoms with Crippen LogP contribution in [-0.2, 0) is 16.1 Å². The van der Waals surface area contributed by atoms with Crippen molar-refractivity contribution in [2.75, 3.05) is 13.7 Å². The summed E-state index contributed by atoms with van der Waals surface area (Å²) in [6.07, 6.45) is 5.55. The third-order valence-electron chi connectivity index (χ3n) is 2.95. The molecule has 1 aliphatic rings. The van der Waals surface area contributed by atoms with Gasteiger partial charge in [0, 0.05) is 18.9 Å². The normalized spacial score (nSPS) is 20.9. The number of nitrogens with zero attached hydrogens (tertiary/aromatic N) is 2. The number of aromatic nitrogens is 1. The van der Waals surface area contributed by atoms with Crippen LogP contribution in [0.2, 0.25) is 0 Å². The molecule has 4 nitrogen and oxygen atoms in total. The van der Waals surface area contributed by atoms with Crippen molar-refractivity contribution in [3.8, 4) is 0 Å². The summed E-state index contributed by atoms with van der Waals surface area (Å²) < 4.78 is 4.81. The molecular formula is C12H16N2O2. The number of ether oxygens (including phenoxy) is 1. The quantitative estimate of drug-likeness (QED) is 0.718. The average Bonchev–Trinajstić information content (AvgIpc) is 2.77. The lowest BCUT2D eigenvalue weighted by molar-refractivity contribution is -0.146. The Morgan fingerprint density at radius 2 is 2.56 bits per heavy atom. The number of pyridine rings is 1. The lowest BCUT2D eigenvalue weighted by Crippen LogP contribution is -2.36. The Kier molecular flexibility index (Phi) is 3.51. The molecule has 0 unspecified atom stereocenters. The van der Waals surface area contributed by atoms with Gasteiger partial charge in [0.15, 0.2) is 0 Å². The van der Waals surface area contributed by atoms with Crippen LogP contribution in [0.1, 0.15) is 18.4 Å². The number of hydrogen-bond donors (Lipinski definition) is 0. The van der Waals surface area contributed by atoms with Crippen LogP contribution in [0, 0.1) is 0 Å². The van der Waals surface area contributed by atoms with Gasteiger partial charge >= 0.3 is 5.97 Å². The Bertz CT molecular complexity index is 353. The number of carbonyl (C=O) groups is 1. The molecule has 0 bridgehead atoms. The van der Waals surface area contributed by atoms with Gasteiger partial charge < -0.3 is 4.74 Å². The molecule has 1 fully saturated rings. The summed E-state index contributed by atoms with van der Waals surface area (Å²) in [5.74, 6) is -0.124. The summed E-state index contributed by atoms with van der Waals surface area (Å²) in [7, 11) is 1.45. The minimum absolute atomic E-state index is 0.0785. The van der Waals surface area contributed by atoms with E-state index < -0.39 is 0 Å². The third kappa shape index (κ3) is 2.39. The van der Waals surface area contributed by atoms with Crippen LogP contribution in [0.5, 0.6) is 0 Å². The van der Waals surface area contributed by atoms with Crippen LogP contribution < -0.4 is 0 Å². The Balaban J connectivity index is 2.01. The van der Waals surface area contributed by atoms with Crippen molar-refractivity contribution >= 4 is 5.97 Å². The zero-order valence-electron chi connectivity index (χ0n) is 9.43. The van der Waals surface area contributed by atoms with Crippen molar-refractivity contribution in [1.82, 2.24) is 9.88 Å². The third-order valence-corrected chi connectivity index (χ3v) is 2.95. The van der Waals surface area contributed by atoms with Crippen molar-refractivity contribution in [3.63, 3.8) is 0 Å². The standard InChI is InChI=1S/C12H16N2O2/c1-16-12(15)11-5-3-7-14(11)9-10-4-2-6-13-8-10/h2,4,6,8,11H,3,5,7,9H2,1H3/t11-/m1/s1. The summed E-state index contributed by atoms with van der Waals surface area (Å²) in [5.41, 5.74) is 1.14. The van der Waals surface area contributed by atoms with Crippen LogP contribution in [-0.4, -0.2) is 35.5 Å². The lowest BCUT2D eigenvalue weighted by Gasteiger charge is -2.21. The number of esters is 1. The second-order valence-corrected chi connectivity index (χ2v) is 4.01.